The molecule has 0 bridgehead atoms. The minimum Gasteiger partial charge on any atom is -0.469 e. The van der Waals surface area contributed by atoms with Gasteiger partial charge in [-0.15, -0.1) is 0 Å². The van der Waals surface area contributed by atoms with E-state index in [2.05, 4.69) is 10.4 Å². The molecule has 5 heteroatoms. The Hall–Kier alpha value is -2.82. The largest absolute Gasteiger partial charge is 0.469 e. The molecule has 25 heavy (non-hydrogen) atoms. The van der Waals surface area contributed by atoms with Gasteiger partial charge in [0.1, 0.15) is 5.76 Å². The first-order valence-electron chi connectivity index (χ1n) is 8.61. The number of hydrogen-bond donors (Lipinski definition) is 1. The van der Waals surface area contributed by atoms with Crippen molar-refractivity contribution in [2.45, 2.75) is 38.6 Å². The lowest BCUT2D eigenvalue weighted by Gasteiger charge is -2.12. The minimum absolute atomic E-state index is 0.0689. The number of aryl methyl sites for hydroxylation is 2. The van der Waals surface area contributed by atoms with E-state index < -0.39 is 0 Å². The fraction of sp³-hybridized carbons (Fsp3) is 0.300. The van der Waals surface area contributed by atoms with E-state index in [4.69, 9.17) is 4.42 Å². The molecule has 0 saturated heterocycles. The Morgan fingerprint density at radius 2 is 2.04 bits per heavy atom. The molecule has 3 aromatic rings. The predicted molar refractivity (Wildman–Crippen MR) is 96.5 cm³/mol. The van der Waals surface area contributed by atoms with Crippen LogP contribution in [-0.2, 0) is 17.6 Å². The van der Waals surface area contributed by atoms with E-state index in [-0.39, 0.29) is 11.9 Å². The van der Waals surface area contributed by atoms with E-state index in [1.54, 1.807) is 6.26 Å². The zero-order valence-electron chi connectivity index (χ0n) is 14.4. The highest BCUT2D eigenvalue weighted by molar-refractivity contribution is 5.76. The van der Waals surface area contributed by atoms with Crippen molar-refractivity contribution < 1.29 is 9.21 Å². The van der Waals surface area contributed by atoms with Crippen molar-refractivity contribution in [3.05, 3.63) is 72.4 Å². The highest BCUT2D eigenvalue weighted by atomic mass is 16.3. The first-order chi connectivity index (χ1) is 12.2. The lowest BCUT2D eigenvalue weighted by molar-refractivity contribution is -0.121. The highest BCUT2D eigenvalue weighted by Gasteiger charge is 2.09. The number of amides is 1. The van der Waals surface area contributed by atoms with Crippen LogP contribution < -0.4 is 5.32 Å². The average molecular weight is 337 g/mol. The van der Waals surface area contributed by atoms with Crippen LogP contribution in [0, 0.1) is 0 Å². The van der Waals surface area contributed by atoms with Crippen molar-refractivity contribution in [3.63, 3.8) is 0 Å². The molecule has 1 amide bonds. The standard InChI is InChI=1S/C20H23N3O2/c1-16(9-11-19-8-5-13-25-19)22-20(24)12-10-17-14-21-23(15-17)18-6-3-2-4-7-18/h2-8,13-16H,9-12H2,1H3,(H,22,24). The number of furan rings is 1. The second-order valence-electron chi connectivity index (χ2n) is 6.22. The lowest BCUT2D eigenvalue weighted by atomic mass is 10.1. The van der Waals surface area contributed by atoms with Crippen LogP contribution in [0.5, 0.6) is 0 Å². The van der Waals surface area contributed by atoms with Gasteiger partial charge in [0.25, 0.3) is 0 Å². The summed E-state index contributed by atoms with van der Waals surface area (Å²) in [5, 5.41) is 7.40. The minimum atomic E-state index is 0.0689. The van der Waals surface area contributed by atoms with E-state index in [1.165, 1.54) is 0 Å². The van der Waals surface area contributed by atoms with Crippen LogP contribution in [0.3, 0.4) is 0 Å². The second kappa shape index (κ2) is 8.33. The molecule has 1 unspecified atom stereocenters. The summed E-state index contributed by atoms with van der Waals surface area (Å²) in [6.45, 7) is 2.02. The van der Waals surface area contributed by atoms with Crippen LogP contribution >= 0.6 is 0 Å². The van der Waals surface area contributed by atoms with Gasteiger partial charge in [-0.25, -0.2) is 4.68 Å². The molecule has 1 aromatic carbocycles. The third kappa shape index (κ3) is 5.08. The number of para-hydroxylation sites is 1. The van der Waals surface area contributed by atoms with Gasteiger partial charge < -0.3 is 9.73 Å². The van der Waals surface area contributed by atoms with Crippen LogP contribution in [0.25, 0.3) is 5.69 Å². The third-order valence-corrected chi connectivity index (χ3v) is 4.11. The molecule has 1 atom stereocenters. The number of benzene rings is 1. The number of nitrogens with one attached hydrogen (secondary N) is 1. The smallest absolute Gasteiger partial charge is 0.220 e. The van der Waals surface area contributed by atoms with Crippen molar-refractivity contribution in [2.24, 2.45) is 0 Å². The van der Waals surface area contributed by atoms with Crippen molar-refractivity contribution in [2.75, 3.05) is 0 Å². The molecule has 0 aliphatic heterocycles. The molecule has 0 radical (unpaired) electrons. The molecule has 0 aliphatic rings. The van der Waals surface area contributed by atoms with Gasteiger partial charge >= 0.3 is 0 Å². The van der Waals surface area contributed by atoms with Crippen molar-refractivity contribution in [1.82, 2.24) is 15.1 Å². The number of nitrogens with zero attached hydrogens (tertiary/aromatic N) is 2. The van der Waals surface area contributed by atoms with E-state index in [0.717, 1.165) is 29.9 Å². The zero-order valence-corrected chi connectivity index (χ0v) is 14.4. The van der Waals surface area contributed by atoms with Crippen LogP contribution in [0.15, 0.2) is 65.5 Å². The molecular formula is C20H23N3O2. The summed E-state index contributed by atoms with van der Waals surface area (Å²) in [4.78, 5) is 12.1. The average Bonchev–Trinajstić information content (AvgIpc) is 3.31. The van der Waals surface area contributed by atoms with E-state index in [9.17, 15) is 4.79 Å². The number of carbonyl (C=O) groups excluding carboxylic acids is 1. The van der Waals surface area contributed by atoms with Crippen LogP contribution in [0.4, 0.5) is 0 Å². The Morgan fingerprint density at radius 1 is 1.20 bits per heavy atom. The van der Waals surface area contributed by atoms with Gasteiger partial charge in [0.2, 0.25) is 5.91 Å². The molecule has 0 saturated carbocycles. The van der Waals surface area contributed by atoms with E-state index >= 15 is 0 Å². The molecule has 130 valence electrons. The van der Waals surface area contributed by atoms with Crippen molar-refractivity contribution in [1.29, 1.82) is 0 Å². The molecule has 2 heterocycles. The van der Waals surface area contributed by atoms with Crippen molar-refractivity contribution >= 4 is 5.91 Å². The Labute approximate surface area is 147 Å². The fourth-order valence-corrected chi connectivity index (χ4v) is 2.70. The van der Waals surface area contributed by atoms with Crippen LogP contribution in [0.2, 0.25) is 0 Å². The lowest BCUT2D eigenvalue weighted by Crippen LogP contribution is -2.32. The Bertz CT molecular complexity index is 778. The normalized spacial score (nSPS) is 12.0. The monoisotopic (exact) mass is 337 g/mol. The molecular weight excluding hydrogens is 314 g/mol. The van der Waals surface area contributed by atoms with Gasteiger partial charge in [-0.3, -0.25) is 4.79 Å². The fourth-order valence-electron chi connectivity index (χ4n) is 2.70. The molecule has 0 spiro atoms. The number of aromatic nitrogens is 2. The van der Waals surface area contributed by atoms with Crippen LogP contribution in [0.1, 0.15) is 31.1 Å². The summed E-state index contributed by atoms with van der Waals surface area (Å²) in [6.07, 6.45) is 8.32. The second-order valence-corrected chi connectivity index (χ2v) is 6.22. The van der Waals surface area contributed by atoms with E-state index in [1.807, 2.05) is 66.5 Å². The SMILES string of the molecule is CC(CCc1ccco1)NC(=O)CCc1cnn(-c2ccccc2)c1. The molecule has 2 aromatic heterocycles. The number of rotatable bonds is 8. The van der Waals surface area contributed by atoms with Gasteiger partial charge in [-0.05, 0) is 49.6 Å². The maximum Gasteiger partial charge on any atom is 0.220 e. The topological polar surface area (TPSA) is 60.1 Å². The Balaban J connectivity index is 1.42. The molecule has 3 rings (SSSR count). The number of hydrogen-bond acceptors (Lipinski definition) is 3. The van der Waals surface area contributed by atoms with Gasteiger partial charge in [-0.1, -0.05) is 18.2 Å². The van der Waals surface area contributed by atoms with Crippen molar-refractivity contribution in [3.8, 4) is 5.69 Å². The van der Waals surface area contributed by atoms with Gasteiger partial charge in [0.15, 0.2) is 0 Å². The maximum absolute atomic E-state index is 12.1. The summed E-state index contributed by atoms with van der Waals surface area (Å²) in [5.41, 5.74) is 2.08. The Morgan fingerprint density at radius 3 is 2.80 bits per heavy atom. The quantitative estimate of drug-likeness (QED) is 0.684. The summed E-state index contributed by atoms with van der Waals surface area (Å²) >= 11 is 0. The summed E-state index contributed by atoms with van der Waals surface area (Å²) in [6, 6.07) is 13.9. The molecule has 1 N–H and O–H groups in total. The highest BCUT2D eigenvalue weighted by Crippen LogP contribution is 2.10. The van der Waals surface area contributed by atoms with Gasteiger partial charge in [0, 0.05) is 25.1 Å². The predicted octanol–water partition coefficient (Wildman–Crippen LogP) is 3.54. The summed E-state index contributed by atoms with van der Waals surface area (Å²) < 4.78 is 7.14. The third-order valence-electron chi connectivity index (χ3n) is 4.11. The van der Waals surface area contributed by atoms with Gasteiger partial charge in [-0.2, -0.15) is 5.10 Å². The van der Waals surface area contributed by atoms with Crippen LogP contribution in [-0.4, -0.2) is 21.7 Å². The van der Waals surface area contributed by atoms with Gasteiger partial charge in [0.05, 0.1) is 18.1 Å². The molecule has 5 nitrogen and oxygen atoms in total. The maximum atomic E-state index is 12.1. The molecule has 0 aliphatic carbocycles. The summed E-state index contributed by atoms with van der Waals surface area (Å²) in [5.74, 6) is 1.02. The zero-order chi connectivity index (χ0) is 17.5. The Kier molecular flexibility index (Phi) is 5.67. The first-order valence-corrected chi connectivity index (χ1v) is 8.61. The summed E-state index contributed by atoms with van der Waals surface area (Å²) in [7, 11) is 0. The van der Waals surface area contributed by atoms with E-state index in [0.29, 0.717) is 12.8 Å². The molecule has 0 fully saturated rings. The number of carbonyl (C=O) groups is 1. The first kappa shape index (κ1) is 17.0.